The molecule has 7 heteroatoms. The number of amides is 1. The van der Waals surface area contributed by atoms with Crippen LogP contribution in [0.5, 0.6) is 11.6 Å². The molecule has 0 bridgehead atoms. The largest absolute Gasteiger partial charge is 0.437 e. The number of aryl methyl sites for hydroxylation is 1. The first-order valence-corrected chi connectivity index (χ1v) is 8.94. The molecular weight excluding hydrogens is 359 g/mol. The molecule has 0 spiro atoms. The molecule has 0 fully saturated rings. The predicted molar refractivity (Wildman–Crippen MR) is 103 cm³/mol. The Kier molecular flexibility index (Phi) is 6.26. The average molecular weight is 380 g/mol. The molecule has 1 aromatic carbocycles. The number of pyridine rings is 1. The molecule has 6 nitrogen and oxygen atoms in total. The standard InChI is InChI=1S/C21H21FN4O2/c1-15(27)26(2)11-3-4-18-13-23-14-21(25-18)28-19-8-5-16(6-9-19)20-10-7-17(22)12-24-20/h5-10,12-14H,3-4,11H2,1-2H3. The van der Waals surface area contributed by atoms with Gasteiger partial charge in [0.1, 0.15) is 11.6 Å². The third-order valence-electron chi connectivity index (χ3n) is 4.23. The molecule has 0 saturated carbocycles. The lowest BCUT2D eigenvalue weighted by molar-refractivity contribution is -0.127. The highest BCUT2D eigenvalue weighted by molar-refractivity contribution is 5.72. The van der Waals surface area contributed by atoms with Crippen molar-refractivity contribution in [2.45, 2.75) is 19.8 Å². The summed E-state index contributed by atoms with van der Waals surface area (Å²) in [6.45, 7) is 2.21. The lowest BCUT2D eigenvalue weighted by Crippen LogP contribution is -2.25. The van der Waals surface area contributed by atoms with E-state index in [1.54, 1.807) is 49.5 Å². The van der Waals surface area contributed by atoms with Crippen LogP contribution in [0.3, 0.4) is 0 Å². The Morgan fingerprint density at radius 2 is 1.89 bits per heavy atom. The molecule has 2 heterocycles. The number of hydrogen-bond acceptors (Lipinski definition) is 5. The SMILES string of the molecule is CC(=O)N(C)CCCc1cncc(Oc2ccc(-c3ccc(F)cn3)cc2)n1. The minimum atomic E-state index is -0.366. The van der Waals surface area contributed by atoms with E-state index in [0.717, 1.165) is 17.7 Å². The van der Waals surface area contributed by atoms with Gasteiger partial charge in [0.15, 0.2) is 0 Å². The van der Waals surface area contributed by atoms with Crippen LogP contribution in [0.25, 0.3) is 11.3 Å². The fraction of sp³-hybridized carbons (Fsp3) is 0.238. The molecule has 0 N–H and O–H groups in total. The Labute approximate surface area is 163 Å². The quantitative estimate of drug-likeness (QED) is 0.622. The normalized spacial score (nSPS) is 10.5. The van der Waals surface area contributed by atoms with Crippen LogP contribution in [-0.4, -0.2) is 39.4 Å². The van der Waals surface area contributed by atoms with Gasteiger partial charge in [-0.1, -0.05) is 0 Å². The van der Waals surface area contributed by atoms with Gasteiger partial charge in [-0.25, -0.2) is 9.37 Å². The highest BCUT2D eigenvalue weighted by Gasteiger charge is 2.06. The summed E-state index contributed by atoms with van der Waals surface area (Å²) in [5, 5.41) is 0. The number of halogens is 1. The maximum atomic E-state index is 13.0. The minimum absolute atomic E-state index is 0.0439. The van der Waals surface area contributed by atoms with E-state index < -0.39 is 0 Å². The number of rotatable bonds is 7. The number of hydrogen-bond donors (Lipinski definition) is 0. The number of benzene rings is 1. The highest BCUT2D eigenvalue weighted by Crippen LogP contribution is 2.24. The summed E-state index contributed by atoms with van der Waals surface area (Å²) in [6, 6.07) is 10.3. The van der Waals surface area contributed by atoms with E-state index in [2.05, 4.69) is 15.0 Å². The van der Waals surface area contributed by atoms with Gasteiger partial charge >= 0.3 is 0 Å². The van der Waals surface area contributed by atoms with Crippen LogP contribution >= 0.6 is 0 Å². The highest BCUT2D eigenvalue weighted by atomic mass is 19.1. The van der Waals surface area contributed by atoms with E-state index >= 15 is 0 Å². The molecule has 1 amide bonds. The third-order valence-corrected chi connectivity index (χ3v) is 4.23. The van der Waals surface area contributed by atoms with Gasteiger partial charge in [-0.3, -0.25) is 14.8 Å². The van der Waals surface area contributed by atoms with Crippen LogP contribution in [0, 0.1) is 5.82 Å². The van der Waals surface area contributed by atoms with Crippen LogP contribution in [0.1, 0.15) is 19.0 Å². The Morgan fingerprint density at radius 3 is 2.57 bits per heavy atom. The summed E-state index contributed by atoms with van der Waals surface area (Å²) < 4.78 is 18.8. The number of ether oxygens (including phenoxy) is 1. The summed E-state index contributed by atoms with van der Waals surface area (Å²) >= 11 is 0. The van der Waals surface area contributed by atoms with Gasteiger partial charge in [0.2, 0.25) is 11.8 Å². The van der Waals surface area contributed by atoms with Gasteiger partial charge in [0.05, 0.1) is 23.8 Å². The fourth-order valence-electron chi connectivity index (χ4n) is 2.57. The molecular formula is C21H21FN4O2. The van der Waals surface area contributed by atoms with Crippen molar-refractivity contribution in [3.05, 3.63) is 66.5 Å². The summed E-state index contributed by atoms with van der Waals surface area (Å²) in [5.41, 5.74) is 2.36. The van der Waals surface area contributed by atoms with Crippen molar-refractivity contribution >= 4 is 5.91 Å². The summed E-state index contributed by atoms with van der Waals surface area (Å²) in [5.74, 6) is 0.705. The van der Waals surface area contributed by atoms with Crippen molar-refractivity contribution in [2.75, 3.05) is 13.6 Å². The molecule has 28 heavy (non-hydrogen) atoms. The second-order valence-corrected chi connectivity index (χ2v) is 6.38. The molecule has 0 aliphatic carbocycles. The zero-order valence-electron chi connectivity index (χ0n) is 15.8. The summed E-state index contributed by atoms with van der Waals surface area (Å²) in [7, 11) is 1.78. The van der Waals surface area contributed by atoms with Crippen LogP contribution in [0.2, 0.25) is 0 Å². The zero-order valence-corrected chi connectivity index (χ0v) is 15.8. The van der Waals surface area contributed by atoms with Crippen LogP contribution in [0.15, 0.2) is 55.0 Å². The Balaban J connectivity index is 1.60. The van der Waals surface area contributed by atoms with Gasteiger partial charge in [-0.2, -0.15) is 0 Å². The minimum Gasteiger partial charge on any atom is -0.437 e. The second kappa shape index (κ2) is 9.03. The van der Waals surface area contributed by atoms with Gasteiger partial charge < -0.3 is 9.64 Å². The van der Waals surface area contributed by atoms with Crippen molar-refractivity contribution in [2.24, 2.45) is 0 Å². The first-order valence-electron chi connectivity index (χ1n) is 8.94. The summed E-state index contributed by atoms with van der Waals surface area (Å²) in [6.07, 6.45) is 5.95. The third kappa shape index (κ3) is 5.33. The smallest absolute Gasteiger partial charge is 0.238 e. The molecule has 0 aliphatic heterocycles. The molecule has 2 aromatic heterocycles. The number of aromatic nitrogens is 3. The van der Waals surface area contributed by atoms with Crippen molar-refractivity contribution in [1.29, 1.82) is 0 Å². The maximum Gasteiger partial charge on any atom is 0.238 e. The number of carbonyl (C=O) groups excluding carboxylic acids is 1. The number of nitrogens with zero attached hydrogens (tertiary/aromatic N) is 4. The van der Waals surface area contributed by atoms with E-state index in [4.69, 9.17) is 4.74 Å². The van der Waals surface area contributed by atoms with Gasteiger partial charge in [-0.15, -0.1) is 0 Å². The molecule has 3 rings (SSSR count). The fourth-order valence-corrected chi connectivity index (χ4v) is 2.57. The van der Waals surface area contributed by atoms with E-state index in [9.17, 15) is 9.18 Å². The Bertz CT molecular complexity index is 930. The topological polar surface area (TPSA) is 68.2 Å². The van der Waals surface area contributed by atoms with Crippen molar-refractivity contribution in [3.8, 4) is 22.9 Å². The molecule has 0 aliphatic rings. The zero-order chi connectivity index (χ0) is 19.9. The first-order chi connectivity index (χ1) is 13.5. The Hall–Kier alpha value is -3.35. The number of carbonyl (C=O) groups is 1. The Morgan fingerprint density at radius 1 is 1.11 bits per heavy atom. The van der Waals surface area contributed by atoms with Crippen LogP contribution in [0.4, 0.5) is 4.39 Å². The molecule has 0 saturated heterocycles. The lowest BCUT2D eigenvalue weighted by atomic mass is 10.1. The first kappa shape index (κ1) is 19.4. The molecule has 144 valence electrons. The van der Waals surface area contributed by atoms with Gasteiger partial charge in [0.25, 0.3) is 0 Å². The van der Waals surface area contributed by atoms with E-state index in [-0.39, 0.29) is 11.7 Å². The molecule has 0 radical (unpaired) electrons. The van der Waals surface area contributed by atoms with Crippen molar-refractivity contribution in [3.63, 3.8) is 0 Å². The predicted octanol–water partition coefficient (Wildman–Crippen LogP) is 3.88. The monoisotopic (exact) mass is 380 g/mol. The lowest BCUT2D eigenvalue weighted by Gasteiger charge is -2.14. The molecule has 0 atom stereocenters. The van der Waals surface area contributed by atoms with Crippen molar-refractivity contribution < 1.29 is 13.9 Å². The van der Waals surface area contributed by atoms with E-state index in [1.165, 1.54) is 12.3 Å². The van der Waals surface area contributed by atoms with Crippen molar-refractivity contribution in [1.82, 2.24) is 19.9 Å². The van der Waals surface area contributed by atoms with E-state index in [1.807, 2.05) is 12.1 Å². The average Bonchev–Trinajstić information content (AvgIpc) is 2.69. The molecule has 0 unspecified atom stereocenters. The maximum absolute atomic E-state index is 13.0. The summed E-state index contributed by atoms with van der Waals surface area (Å²) in [4.78, 5) is 25.6. The van der Waals surface area contributed by atoms with E-state index in [0.29, 0.717) is 30.3 Å². The van der Waals surface area contributed by atoms with Gasteiger partial charge in [0, 0.05) is 32.3 Å². The second-order valence-electron chi connectivity index (χ2n) is 6.38. The molecule has 3 aromatic rings. The van der Waals surface area contributed by atoms with Crippen LogP contribution in [-0.2, 0) is 11.2 Å². The van der Waals surface area contributed by atoms with Gasteiger partial charge in [-0.05, 0) is 49.2 Å². The van der Waals surface area contributed by atoms with Crippen LogP contribution < -0.4 is 4.74 Å².